The Morgan fingerprint density at radius 3 is 3.06 bits per heavy atom. The molecule has 8 heteroatoms. The van der Waals surface area contributed by atoms with Gasteiger partial charge >= 0.3 is 0 Å². The zero-order valence-electron chi connectivity index (χ0n) is 8.52. The number of hydrogen-bond acceptors (Lipinski definition) is 6. The van der Waals surface area contributed by atoms with E-state index in [0.29, 0.717) is 5.76 Å². The standard InChI is InChI=1S/C8H10N6O2/c1-4-2-5(16-14-4)3-10-7(15)6-11-8(9)13-12-6/h2H,3H2,1H3,(H,10,15)(H3,9,11,12,13). The minimum atomic E-state index is -0.404. The Kier molecular flexibility index (Phi) is 2.54. The molecule has 0 spiro atoms. The van der Waals surface area contributed by atoms with Crippen LogP contribution in [0.2, 0.25) is 0 Å². The summed E-state index contributed by atoms with van der Waals surface area (Å²) in [7, 11) is 0. The van der Waals surface area contributed by atoms with Gasteiger partial charge in [-0.05, 0) is 6.92 Å². The first-order valence-corrected chi connectivity index (χ1v) is 4.53. The van der Waals surface area contributed by atoms with E-state index in [2.05, 4.69) is 25.7 Å². The van der Waals surface area contributed by atoms with E-state index in [4.69, 9.17) is 10.3 Å². The monoisotopic (exact) mass is 222 g/mol. The van der Waals surface area contributed by atoms with Crippen molar-refractivity contribution in [1.82, 2.24) is 25.7 Å². The smallest absolute Gasteiger partial charge is 0.289 e. The summed E-state index contributed by atoms with van der Waals surface area (Å²) in [6, 6.07) is 1.73. The van der Waals surface area contributed by atoms with Crippen LogP contribution in [-0.2, 0) is 6.54 Å². The fourth-order valence-electron chi connectivity index (χ4n) is 1.13. The molecule has 0 aliphatic carbocycles. The van der Waals surface area contributed by atoms with Crippen LogP contribution in [-0.4, -0.2) is 26.2 Å². The number of nitrogens with zero attached hydrogens (tertiary/aromatic N) is 3. The van der Waals surface area contributed by atoms with Crippen LogP contribution in [0.1, 0.15) is 22.1 Å². The predicted octanol–water partition coefficient (Wildman–Crippen LogP) is -0.387. The molecule has 1 amide bonds. The number of hydrogen-bond donors (Lipinski definition) is 3. The molecule has 0 fully saturated rings. The lowest BCUT2D eigenvalue weighted by molar-refractivity contribution is 0.0937. The molecule has 0 aromatic carbocycles. The third kappa shape index (κ3) is 2.16. The molecule has 0 saturated carbocycles. The van der Waals surface area contributed by atoms with Gasteiger partial charge in [-0.25, -0.2) is 0 Å². The van der Waals surface area contributed by atoms with Crippen LogP contribution in [0, 0.1) is 6.92 Å². The number of amides is 1. The van der Waals surface area contributed by atoms with Gasteiger partial charge in [-0.1, -0.05) is 5.16 Å². The summed E-state index contributed by atoms with van der Waals surface area (Å²) < 4.78 is 4.92. The minimum Gasteiger partial charge on any atom is -0.366 e. The van der Waals surface area contributed by atoms with Crippen LogP contribution in [0.3, 0.4) is 0 Å². The molecule has 0 bridgehead atoms. The summed E-state index contributed by atoms with van der Waals surface area (Å²) >= 11 is 0. The topological polar surface area (TPSA) is 123 Å². The maximum atomic E-state index is 11.5. The average Bonchev–Trinajstić information content (AvgIpc) is 2.84. The number of carbonyl (C=O) groups excluding carboxylic acids is 1. The fraction of sp³-hybridized carbons (Fsp3) is 0.250. The highest BCUT2D eigenvalue weighted by Crippen LogP contribution is 2.01. The number of nitrogens with two attached hydrogens (primary N) is 1. The third-order valence-corrected chi connectivity index (χ3v) is 1.82. The van der Waals surface area contributed by atoms with Gasteiger partial charge in [0.1, 0.15) is 0 Å². The van der Waals surface area contributed by atoms with E-state index in [1.807, 2.05) is 0 Å². The number of anilines is 1. The molecule has 84 valence electrons. The summed E-state index contributed by atoms with van der Waals surface area (Å²) in [5.41, 5.74) is 6.02. The van der Waals surface area contributed by atoms with E-state index in [-0.39, 0.29) is 18.3 Å². The van der Waals surface area contributed by atoms with Crippen LogP contribution in [0.4, 0.5) is 5.95 Å². The van der Waals surface area contributed by atoms with Gasteiger partial charge in [0.15, 0.2) is 5.76 Å². The van der Waals surface area contributed by atoms with E-state index in [9.17, 15) is 4.79 Å². The summed E-state index contributed by atoms with van der Waals surface area (Å²) in [5.74, 6) is 0.256. The molecule has 2 heterocycles. The SMILES string of the molecule is Cc1cc(CNC(=O)c2nc(N)n[nH]2)on1. The second-order valence-corrected chi connectivity index (χ2v) is 3.16. The summed E-state index contributed by atoms with van der Waals surface area (Å²) in [4.78, 5) is 15.2. The number of nitrogens with one attached hydrogen (secondary N) is 2. The molecule has 0 saturated heterocycles. The highest BCUT2D eigenvalue weighted by atomic mass is 16.5. The summed E-state index contributed by atoms with van der Waals surface area (Å²) in [6.45, 7) is 2.03. The van der Waals surface area contributed by atoms with E-state index >= 15 is 0 Å². The molecule has 16 heavy (non-hydrogen) atoms. The largest absolute Gasteiger partial charge is 0.366 e. The molecule has 2 aromatic rings. The number of carbonyl (C=O) groups is 1. The van der Waals surface area contributed by atoms with Gasteiger partial charge in [0.05, 0.1) is 12.2 Å². The van der Waals surface area contributed by atoms with Crippen LogP contribution in [0.5, 0.6) is 0 Å². The zero-order chi connectivity index (χ0) is 11.5. The van der Waals surface area contributed by atoms with E-state index in [1.54, 1.807) is 13.0 Å². The highest BCUT2D eigenvalue weighted by molar-refractivity contribution is 5.90. The highest BCUT2D eigenvalue weighted by Gasteiger charge is 2.11. The van der Waals surface area contributed by atoms with Crippen molar-refractivity contribution in [2.75, 3.05) is 5.73 Å². The van der Waals surface area contributed by atoms with Crippen molar-refractivity contribution >= 4 is 11.9 Å². The van der Waals surface area contributed by atoms with Crippen molar-refractivity contribution in [1.29, 1.82) is 0 Å². The van der Waals surface area contributed by atoms with Gasteiger partial charge in [0.2, 0.25) is 11.8 Å². The van der Waals surface area contributed by atoms with Gasteiger partial charge in [0, 0.05) is 6.07 Å². The van der Waals surface area contributed by atoms with Crippen molar-refractivity contribution in [3.05, 3.63) is 23.3 Å². The van der Waals surface area contributed by atoms with Crippen molar-refractivity contribution in [3.63, 3.8) is 0 Å². The van der Waals surface area contributed by atoms with Crippen LogP contribution >= 0.6 is 0 Å². The first kappa shape index (κ1) is 10.1. The Balaban J connectivity index is 1.93. The molecule has 0 unspecified atom stereocenters. The van der Waals surface area contributed by atoms with Gasteiger partial charge in [0.25, 0.3) is 5.91 Å². The van der Waals surface area contributed by atoms with Gasteiger partial charge in [-0.15, -0.1) is 5.10 Å². The number of rotatable bonds is 3. The maximum absolute atomic E-state index is 11.5. The molecule has 8 nitrogen and oxygen atoms in total. The molecule has 4 N–H and O–H groups in total. The van der Waals surface area contributed by atoms with Crippen LogP contribution in [0.15, 0.2) is 10.6 Å². The molecule has 2 aromatic heterocycles. The van der Waals surface area contributed by atoms with Crippen molar-refractivity contribution in [2.24, 2.45) is 0 Å². The lowest BCUT2D eigenvalue weighted by Crippen LogP contribution is -2.23. The van der Waals surface area contributed by atoms with Crippen molar-refractivity contribution in [3.8, 4) is 0 Å². The second-order valence-electron chi connectivity index (χ2n) is 3.16. The molecule has 0 aliphatic heterocycles. The van der Waals surface area contributed by atoms with Gasteiger partial charge in [-0.2, -0.15) is 4.98 Å². The molecule has 0 aliphatic rings. The quantitative estimate of drug-likeness (QED) is 0.650. The maximum Gasteiger partial charge on any atom is 0.289 e. The zero-order valence-corrected chi connectivity index (χ0v) is 8.52. The summed E-state index contributed by atoms with van der Waals surface area (Å²) in [6.07, 6.45) is 0. The second kappa shape index (κ2) is 4.01. The Bertz CT molecular complexity index is 502. The van der Waals surface area contributed by atoms with E-state index < -0.39 is 5.91 Å². The number of H-pyrrole nitrogens is 1. The lowest BCUT2D eigenvalue weighted by atomic mass is 10.4. The molecule has 0 radical (unpaired) electrons. The number of aromatic nitrogens is 4. The fourth-order valence-corrected chi connectivity index (χ4v) is 1.13. The lowest BCUT2D eigenvalue weighted by Gasteiger charge is -1.97. The van der Waals surface area contributed by atoms with E-state index in [0.717, 1.165) is 5.69 Å². The molecule has 0 atom stereocenters. The molecular weight excluding hydrogens is 212 g/mol. The predicted molar refractivity (Wildman–Crippen MR) is 53.2 cm³/mol. The van der Waals surface area contributed by atoms with Crippen LogP contribution < -0.4 is 11.1 Å². The Hall–Kier alpha value is -2.38. The number of aromatic amines is 1. The molecule has 2 rings (SSSR count). The number of nitrogen functional groups attached to an aromatic ring is 1. The minimum absolute atomic E-state index is 0.0284. The van der Waals surface area contributed by atoms with Gasteiger partial charge < -0.3 is 15.6 Å². The first-order valence-electron chi connectivity index (χ1n) is 4.53. The summed E-state index contributed by atoms with van der Waals surface area (Å²) in [5, 5.41) is 12.2. The third-order valence-electron chi connectivity index (χ3n) is 1.82. The van der Waals surface area contributed by atoms with Crippen molar-refractivity contribution in [2.45, 2.75) is 13.5 Å². The number of aryl methyl sites for hydroxylation is 1. The Labute approximate surface area is 90.2 Å². The first-order chi connectivity index (χ1) is 7.65. The normalized spacial score (nSPS) is 10.3. The van der Waals surface area contributed by atoms with Gasteiger partial charge in [-0.3, -0.25) is 9.89 Å². The average molecular weight is 222 g/mol. The van der Waals surface area contributed by atoms with E-state index in [1.165, 1.54) is 0 Å². The van der Waals surface area contributed by atoms with Crippen LogP contribution in [0.25, 0.3) is 0 Å². The Morgan fingerprint density at radius 1 is 1.69 bits per heavy atom. The van der Waals surface area contributed by atoms with Crippen molar-refractivity contribution < 1.29 is 9.32 Å². The molecular formula is C8H10N6O2. The Morgan fingerprint density at radius 2 is 2.50 bits per heavy atom.